The van der Waals surface area contributed by atoms with Crippen LogP contribution in [0.3, 0.4) is 0 Å². The largest absolute Gasteiger partial charge is 0.493 e. The highest BCUT2D eigenvalue weighted by molar-refractivity contribution is 7.09. The first-order chi connectivity index (χ1) is 11.8. The Balaban J connectivity index is 1.92. The molecule has 0 spiro atoms. The molecule has 2 rings (SSSR count). The van der Waals surface area contributed by atoms with E-state index in [9.17, 15) is 0 Å². The minimum atomic E-state index is 0.0754. The van der Waals surface area contributed by atoms with Crippen LogP contribution in [0.5, 0.6) is 11.5 Å². The molecule has 1 heterocycles. The summed E-state index contributed by atoms with van der Waals surface area (Å²) >= 11 is 1.67. The summed E-state index contributed by atoms with van der Waals surface area (Å²) in [5.41, 5.74) is 7.94. The van der Waals surface area contributed by atoms with E-state index in [0.717, 1.165) is 22.8 Å². The highest BCUT2D eigenvalue weighted by atomic mass is 32.1. The molecule has 136 valence electrons. The maximum atomic E-state index is 5.96. The maximum Gasteiger partial charge on any atom is 0.193 e. The number of aliphatic imine (C=N–C) groups is 1. The Morgan fingerprint density at radius 2 is 1.96 bits per heavy atom. The van der Waals surface area contributed by atoms with Crippen LogP contribution in [-0.4, -0.2) is 31.7 Å². The Labute approximate surface area is 153 Å². The Bertz CT molecular complexity index is 735. The first-order valence-corrected chi connectivity index (χ1v) is 8.95. The van der Waals surface area contributed by atoms with Crippen LogP contribution < -0.4 is 20.5 Å². The van der Waals surface area contributed by atoms with Crippen LogP contribution >= 0.6 is 11.3 Å². The molecule has 25 heavy (non-hydrogen) atoms. The second kappa shape index (κ2) is 8.20. The fourth-order valence-corrected chi connectivity index (χ4v) is 3.16. The summed E-state index contributed by atoms with van der Waals surface area (Å²) in [6, 6.07) is 5.50. The number of anilines is 1. The fraction of sp³-hybridized carbons (Fsp3) is 0.444. The lowest BCUT2D eigenvalue weighted by Gasteiger charge is -2.14. The first-order valence-electron chi connectivity index (χ1n) is 8.07. The van der Waals surface area contributed by atoms with Crippen molar-refractivity contribution in [2.45, 2.75) is 32.6 Å². The average molecular weight is 362 g/mol. The number of benzene rings is 1. The zero-order valence-electron chi connectivity index (χ0n) is 15.4. The smallest absolute Gasteiger partial charge is 0.193 e. The summed E-state index contributed by atoms with van der Waals surface area (Å²) in [6.45, 7) is 7.07. The molecule has 1 aromatic carbocycles. The van der Waals surface area contributed by atoms with Gasteiger partial charge < -0.3 is 20.5 Å². The predicted molar refractivity (Wildman–Crippen MR) is 104 cm³/mol. The number of nitrogens with zero attached hydrogens (tertiary/aromatic N) is 2. The SMILES string of the molecule is COc1ccc(NC(N)=NCCc2nc(C(C)(C)C)cs2)cc1OC. The molecule has 1 aromatic heterocycles. The van der Waals surface area contributed by atoms with E-state index in [1.165, 1.54) is 0 Å². The van der Waals surface area contributed by atoms with Crippen molar-refractivity contribution >= 4 is 23.0 Å². The molecule has 0 aliphatic carbocycles. The van der Waals surface area contributed by atoms with Gasteiger partial charge in [-0.05, 0) is 12.1 Å². The van der Waals surface area contributed by atoms with Gasteiger partial charge in [0.25, 0.3) is 0 Å². The molecule has 0 amide bonds. The van der Waals surface area contributed by atoms with Crippen molar-refractivity contribution in [1.29, 1.82) is 0 Å². The summed E-state index contributed by atoms with van der Waals surface area (Å²) < 4.78 is 10.5. The highest BCUT2D eigenvalue weighted by Gasteiger charge is 2.17. The minimum Gasteiger partial charge on any atom is -0.493 e. The van der Waals surface area contributed by atoms with Gasteiger partial charge in [-0.1, -0.05) is 20.8 Å². The van der Waals surface area contributed by atoms with Gasteiger partial charge in [0.15, 0.2) is 17.5 Å². The van der Waals surface area contributed by atoms with Crippen LogP contribution in [-0.2, 0) is 11.8 Å². The monoisotopic (exact) mass is 362 g/mol. The van der Waals surface area contributed by atoms with Crippen molar-refractivity contribution in [2.75, 3.05) is 26.1 Å². The molecule has 0 atom stereocenters. The molecule has 0 aliphatic rings. The van der Waals surface area contributed by atoms with E-state index in [0.29, 0.717) is 24.0 Å². The Morgan fingerprint density at radius 1 is 1.24 bits per heavy atom. The number of hydrogen-bond donors (Lipinski definition) is 2. The van der Waals surface area contributed by atoms with Crippen LogP contribution in [0.4, 0.5) is 5.69 Å². The van der Waals surface area contributed by atoms with Crippen LogP contribution in [0.25, 0.3) is 0 Å². The van der Waals surface area contributed by atoms with Crippen LogP contribution in [0.2, 0.25) is 0 Å². The molecule has 0 fully saturated rings. The zero-order valence-corrected chi connectivity index (χ0v) is 16.2. The summed E-state index contributed by atoms with van der Waals surface area (Å²) in [6.07, 6.45) is 0.773. The van der Waals surface area contributed by atoms with E-state index in [2.05, 4.69) is 41.4 Å². The lowest BCUT2D eigenvalue weighted by molar-refractivity contribution is 0.355. The van der Waals surface area contributed by atoms with Gasteiger partial charge >= 0.3 is 0 Å². The quantitative estimate of drug-likeness (QED) is 0.608. The molecule has 0 saturated carbocycles. The molecule has 2 aromatic rings. The number of methoxy groups -OCH3 is 2. The van der Waals surface area contributed by atoms with Crippen molar-refractivity contribution in [2.24, 2.45) is 10.7 Å². The van der Waals surface area contributed by atoms with Crippen molar-refractivity contribution in [3.05, 3.63) is 34.3 Å². The van der Waals surface area contributed by atoms with Crippen LogP contribution in [0.1, 0.15) is 31.5 Å². The van der Waals surface area contributed by atoms with Crippen molar-refractivity contribution in [3.63, 3.8) is 0 Å². The van der Waals surface area contributed by atoms with Crippen molar-refractivity contribution in [1.82, 2.24) is 4.98 Å². The summed E-state index contributed by atoms with van der Waals surface area (Å²) in [7, 11) is 3.20. The molecule has 0 radical (unpaired) electrons. The molecule has 0 aliphatic heterocycles. The molecular formula is C18H26N4O2S. The zero-order chi connectivity index (χ0) is 18.4. The number of ether oxygens (including phenoxy) is 2. The number of thiazole rings is 1. The van der Waals surface area contributed by atoms with Gasteiger partial charge in [0.05, 0.1) is 24.9 Å². The molecule has 6 nitrogen and oxygen atoms in total. The predicted octanol–water partition coefficient (Wildman–Crippen LogP) is 3.43. The van der Waals surface area contributed by atoms with E-state index in [4.69, 9.17) is 15.2 Å². The summed E-state index contributed by atoms with van der Waals surface area (Å²) in [5, 5.41) is 6.25. The molecule has 0 unspecified atom stereocenters. The lowest BCUT2D eigenvalue weighted by Crippen LogP contribution is -2.23. The third-order valence-corrected chi connectivity index (χ3v) is 4.49. The highest BCUT2D eigenvalue weighted by Crippen LogP contribution is 2.29. The van der Waals surface area contributed by atoms with Crippen LogP contribution in [0, 0.1) is 0 Å². The number of rotatable bonds is 6. The molecule has 7 heteroatoms. The second-order valence-electron chi connectivity index (χ2n) is 6.59. The van der Waals surface area contributed by atoms with Gasteiger partial charge in [-0.3, -0.25) is 4.99 Å². The second-order valence-corrected chi connectivity index (χ2v) is 7.53. The van der Waals surface area contributed by atoms with E-state index in [-0.39, 0.29) is 5.41 Å². The van der Waals surface area contributed by atoms with Crippen molar-refractivity contribution in [3.8, 4) is 11.5 Å². The fourth-order valence-electron chi connectivity index (χ4n) is 2.14. The van der Waals surface area contributed by atoms with Crippen LogP contribution in [0.15, 0.2) is 28.6 Å². The van der Waals surface area contributed by atoms with E-state index in [1.54, 1.807) is 25.6 Å². The molecule has 3 N–H and O–H groups in total. The first kappa shape index (κ1) is 19.1. The summed E-state index contributed by atoms with van der Waals surface area (Å²) in [5.74, 6) is 1.67. The number of nitrogens with one attached hydrogen (secondary N) is 1. The topological polar surface area (TPSA) is 81.8 Å². The normalized spacial score (nSPS) is 12.1. The van der Waals surface area contributed by atoms with Gasteiger partial charge in [0.1, 0.15) is 0 Å². The number of hydrogen-bond acceptors (Lipinski definition) is 5. The molecule has 0 bridgehead atoms. The van der Waals surface area contributed by atoms with Gasteiger partial charge in [-0.15, -0.1) is 11.3 Å². The van der Waals surface area contributed by atoms with Gasteiger partial charge in [0.2, 0.25) is 0 Å². The summed E-state index contributed by atoms with van der Waals surface area (Å²) in [4.78, 5) is 9.02. The van der Waals surface area contributed by atoms with Gasteiger partial charge in [0, 0.05) is 35.5 Å². The van der Waals surface area contributed by atoms with Gasteiger partial charge in [-0.2, -0.15) is 0 Å². The number of aromatic nitrogens is 1. The third-order valence-electron chi connectivity index (χ3n) is 3.58. The standard InChI is InChI=1S/C18H26N4O2S/c1-18(2,3)15-11-25-16(22-15)8-9-20-17(19)21-12-6-7-13(23-4)14(10-12)24-5/h6-7,10-11H,8-9H2,1-5H3,(H3,19,20,21). The molecular weight excluding hydrogens is 336 g/mol. The lowest BCUT2D eigenvalue weighted by atomic mass is 9.93. The number of guanidine groups is 1. The maximum absolute atomic E-state index is 5.96. The Hall–Kier alpha value is -2.28. The average Bonchev–Trinajstić information content (AvgIpc) is 3.04. The minimum absolute atomic E-state index is 0.0754. The Morgan fingerprint density at radius 3 is 2.56 bits per heavy atom. The Kier molecular flexibility index (Phi) is 6.25. The molecule has 0 saturated heterocycles. The number of nitrogens with two attached hydrogens (primary N) is 1. The third kappa shape index (κ3) is 5.35. The van der Waals surface area contributed by atoms with E-state index >= 15 is 0 Å². The van der Waals surface area contributed by atoms with E-state index in [1.807, 2.05) is 18.2 Å². The van der Waals surface area contributed by atoms with E-state index < -0.39 is 0 Å². The van der Waals surface area contributed by atoms with Crippen molar-refractivity contribution < 1.29 is 9.47 Å². The van der Waals surface area contributed by atoms with Gasteiger partial charge in [-0.25, -0.2) is 4.98 Å².